The number of thioether (sulfide) groups is 1. The van der Waals surface area contributed by atoms with Crippen molar-refractivity contribution in [2.75, 3.05) is 18.4 Å². The van der Waals surface area contributed by atoms with Gasteiger partial charge in [-0.1, -0.05) is 17.7 Å². The van der Waals surface area contributed by atoms with E-state index in [9.17, 15) is 9.59 Å². The van der Waals surface area contributed by atoms with Crippen LogP contribution < -0.4 is 16.0 Å². The second-order valence-electron chi connectivity index (χ2n) is 7.97. The Bertz CT molecular complexity index is 1340. The monoisotopic (exact) mass is 492 g/mol. The minimum absolute atomic E-state index is 0.00346. The average molecular weight is 493 g/mol. The summed E-state index contributed by atoms with van der Waals surface area (Å²) in [6.07, 6.45) is 6.69. The van der Waals surface area contributed by atoms with Crippen LogP contribution in [0.2, 0.25) is 5.02 Å². The number of piperidine rings is 1. The zero-order valence-electron chi connectivity index (χ0n) is 18.0. The van der Waals surface area contributed by atoms with E-state index in [0.717, 1.165) is 42.5 Å². The quantitative estimate of drug-likeness (QED) is 0.473. The van der Waals surface area contributed by atoms with Gasteiger partial charge in [0.2, 0.25) is 5.91 Å². The number of carbonyl (C=O) groups excluding carboxylic acids is 2. The molecule has 8 nitrogen and oxygen atoms in total. The number of halogens is 1. The number of aromatic nitrogens is 2. The van der Waals surface area contributed by atoms with Crippen LogP contribution in [0, 0.1) is 5.92 Å². The van der Waals surface area contributed by atoms with Gasteiger partial charge in [-0.05, 0) is 79.7 Å². The number of aliphatic imine (C=N–C) groups is 1. The van der Waals surface area contributed by atoms with Crippen LogP contribution >= 0.6 is 23.4 Å². The van der Waals surface area contributed by atoms with Crippen molar-refractivity contribution in [3.05, 3.63) is 64.3 Å². The zero-order valence-corrected chi connectivity index (χ0v) is 19.6. The van der Waals surface area contributed by atoms with E-state index in [4.69, 9.17) is 11.6 Å². The molecule has 0 aliphatic carbocycles. The van der Waals surface area contributed by atoms with E-state index in [1.807, 2.05) is 18.2 Å². The van der Waals surface area contributed by atoms with Crippen LogP contribution in [0.4, 0.5) is 11.4 Å². The van der Waals surface area contributed by atoms with Crippen LogP contribution in [0.3, 0.4) is 0 Å². The molecule has 0 spiro atoms. The largest absolute Gasteiger partial charge is 0.326 e. The topological polar surface area (TPSA) is 108 Å². The minimum atomic E-state index is -0.241. The second-order valence-corrected chi connectivity index (χ2v) is 9.40. The van der Waals surface area contributed by atoms with Gasteiger partial charge in [0.15, 0.2) is 5.17 Å². The van der Waals surface area contributed by atoms with E-state index in [1.54, 1.807) is 36.7 Å². The number of amides is 2. The summed E-state index contributed by atoms with van der Waals surface area (Å²) in [4.78, 5) is 38.7. The van der Waals surface area contributed by atoms with E-state index in [0.29, 0.717) is 26.5 Å². The molecule has 0 radical (unpaired) electrons. The smallest absolute Gasteiger partial charge is 0.264 e. The van der Waals surface area contributed by atoms with Crippen LogP contribution in [0.5, 0.6) is 0 Å². The molecule has 0 bridgehead atoms. The summed E-state index contributed by atoms with van der Waals surface area (Å²) in [6.45, 7) is 1.69. The Kier molecular flexibility index (Phi) is 6.57. The highest BCUT2D eigenvalue weighted by Gasteiger charge is 2.25. The van der Waals surface area contributed by atoms with Crippen LogP contribution in [-0.4, -0.2) is 40.0 Å². The van der Waals surface area contributed by atoms with Gasteiger partial charge in [0.1, 0.15) is 0 Å². The third-order valence-electron chi connectivity index (χ3n) is 5.59. The third kappa shape index (κ3) is 5.11. The number of hydrogen-bond acceptors (Lipinski definition) is 7. The van der Waals surface area contributed by atoms with E-state index in [-0.39, 0.29) is 17.7 Å². The highest BCUT2D eigenvalue weighted by Crippen LogP contribution is 2.33. The van der Waals surface area contributed by atoms with Gasteiger partial charge in [-0.25, -0.2) is 4.99 Å². The first kappa shape index (κ1) is 22.5. The van der Waals surface area contributed by atoms with Crippen molar-refractivity contribution in [3.8, 4) is 0 Å². The van der Waals surface area contributed by atoms with Gasteiger partial charge < -0.3 is 16.0 Å². The first-order chi connectivity index (χ1) is 16.5. The molecule has 2 saturated heterocycles. The van der Waals surface area contributed by atoms with Crippen molar-refractivity contribution in [1.29, 1.82) is 0 Å². The van der Waals surface area contributed by atoms with Crippen LogP contribution in [0.25, 0.3) is 17.1 Å². The predicted molar refractivity (Wildman–Crippen MR) is 136 cm³/mol. The first-order valence-corrected chi connectivity index (χ1v) is 12.1. The second kappa shape index (κ2) is 9.92. The lowest BCUT2D eigenvalue weighted by Crippen LogP contribution is -2.34. The minimum Gasteiger partial charge on any atom is -0.326 e. The summed E-state index contributed by atoms with van der Waals surface area (Å²) < 4.78 is 0. The summed E-state index contributed by atoms with van der Waals surface area (Å²) in [5.41, 5.74) is 3.47. The van der Waals surface area contributed by atoms with E-state index in [1.165, 1.54) is 11.8 Å². The molecule has 0 unspecified atom stereocenters. The van der Waals surface area contributed by atoms with Gasteiger partial charge in [0.25, 0.3) is 5.91 Å². The SMILES string of the molecule is O=C1NC(=Nc2cc(NC(=O)C3CCNCC3)ccc2Cl)S/C1=C/c1ccc2nccnc2c1. The Balaban J connectivity index is 1.33. The van der Waals surface area contributed by atoms with Gasteiger partial charge in [-0.3, -0.25) is 19.6 Å². The normalized spacial score (nSPS) is 19.0. The molecule has 0 saturated carbocycles. The van der Waals surface area contributed by atoms with Crippen LogP contribution in [-0.2, 0) is 9.59 Å². The van der Waals surface area contributed by atoms with Crippen molar-refractivity contribution in [2.45, 2.75) is 12.8 Å². The Labute approximate surface area is 205 Å². The summed E-state index contributed by atoms with van der Waals surface area (Å²) in [6, 6.07) is 10.8. The maximum Gasteiger partial charge on any atom is 0.264 e. The number of benzene rings is 2. The molecule has 3 heterocycles. The maximum absolute atomic E-state index is 12.6. The van der Waals surface area contributed by atoms with Crippen molar-refractivity contribution < 1.29 is 9.59 Å². The molecule has 34 heavy (non-hydrogen) atoms. The highest BCUT2D eigenvalue weighted by molar-refractivity contribution is 8.18. The first-order valence-electron chi connectivity index (χ1n) is 10.9. The molecule has 2 fully saturated rings. The fourth-order valence-electron chi connectivity index (χ4n) is 3.82. The number of carbonyl (C=O) groups is 2. The number of anilines is 1. The van der Waals surface area contributed by atoms with Gasteiger partial charge in [0, 0.05) is 24.0 Å². The van der Waals surface area contributed by atoms with Crippen molar-refractivity contribution in [2.24, 2.45) is 10.9 Å². The summed E-state index contributed by atoms with van der Waals surface area (Å²) in [7, 11) is 0. The molecule has 2 aromatic carbocycles. The number of nitrogens with one attached hydrogen (secondary N) is 3. The molecular formula is C24H21ClN6O2S. The van der Waals surface area contributed by atoms with Crippen LogP contribution in [0.1, 0.15) is 18.4 Å². The molecule has 10 heteroatoms. The zero-order chi connectivity index (χ0) is 23.5. The van der Waals surface area contributed by atoms with Crippen molar-refractivity contribution in [3.63, 3.8) is 0 Å². The lowest BCUT2D eigenvalue weighted by Gasteiger charge is -2.21. The number of nitrogens with zero attached hydrogens (tertiary/aromatic N) is 3. The van der Waals surface area contributed by atoms with Gasteiger partial charge in [-0.15, -0.1) is 0 Å². The molecule has 3 aromatic rings. The Morgan fingerprint density at radius 2 is 1.91 bits per heavy atom. The standard InChI is InChI=1S/C24H21ClN6O2S/c25-17-3-2-16(29-22(32)15-5-7-26-8-6-15)13-19(17)30-24-31-23(33)21(34-24)12-14-1-4-18-20(11-14)28-10-9-27-18/h1-4,9-13,15,26H,5-8H2,(H,29,32)(H,30,31,33)/b21-12+. The molecule has 2 amide bonds. The fourth-order valence-corrected chi connectivity index (χ4v) is 4.81. The molecule has 2 aliphatic rings. The molecule has 5 rings (SSSR count). The summed E-state index contributed by atoms with van der Waals surface area (Å²) in [5.74, 6) is -0.254. The van der Waals surface area contributed by atoms with Crippen molar-refractivity contribution >= 4 is 68.8 Å². The number of fused-ring (bicyclic) bond motifs is 1. The van der Waals surface area contributed by atoms with Crippen LogP contribution in [0.15, 0.2) is 58.7 Å². The molecule has 2 aliphatic heterocycles. The summed E-state index contributed by atoms with van der Waals surface area (Å²) in [5, 5.41) is 9.83. The number of hydrogen-bond donors (Lipinski definition) is 3. The van der Waals surface area contributed by atoms with Crippen molar-refractivity contribution in [1.82, 2.24) is 20.6 Å². The third-order valence-corrected chi connectivity index (χ3v) is 6.82. The Morgan fingerprint density at radius 1 is 1.12 bits per heavy atom. The van der Waals surface area contributed by atoms with Gasteiger partial charge in [-0.2, -0.15) is 0 Å². The highest BCUT2D eigenvalue weighted by atomic mass is 35.5. The molecule has 1 aromatic heterocycles. The predicted octanol–water partition coefficient (Wildman–Crippen LogP) is 4.11. The van der Waals surface area contributed by atoms with E-state index in [2.05, 4.69) is 30.9 Å². The molecule has 172 valence electrons. The lowest BCUT2D eigenvalue weighted by atomic mass is 9.97. The number of amidine groups is 1. The van der Waals surface area contributed by atoms with Gasteiger partial charge in [0.05, 0.1) is 26.6 Å². The Hall–Kier alpha value is -3.27. The number of rotatable bonds is 4. The fraction of sp³-hybridized carbons (Fsp3) is 0.208. The van der Waals surface area contributed by atoms with E-state index >= 15 is 0 Å². The molecule has 3 N–H and O–H groups in total. The van der Waals surface area contributed by atoms with Gasteiger partial charge >= 0.3 is 0 Å². The summed E-state index contributed by atoms with van der Waals surface area (Å²) >= 11 is 7.57. The lowest BCUT2D eigenvalue weighted by molar-refractivity contribution is -0.120. The maximum atomic E-state index is 12.6. The average Bonchev–Trinajstić information content (AvgIpc) is 3.20. The Morgan fingerprint density at radius 3 is 2.74 bits per heavy atom. The van der Waals surface area contributed by atoms with E-state index < -0.39 is 0 Å². The molecule has 0 atom stereocenters. The molecular weight excluding hydrogens is 472 g/mol.